The molecule has 0 unspecified atom stereocenters. The number of aliphatic hydroxyl groups excluding tert-OH is 1. The maximum Gasteiger partial charge on any atom is 0.305 e. The lowest BCUT2D eigenvalue weighted by Gasteiger charge is -2.30. The zero-order chi connectivity index (χ0) is 24.2. The summed E-state index contributed by atoms with van der Waals surface area (Å²) in [5.41, 5.74) is -0.539. The molecule has 2 fully saturated rings. The molecule has 2 amide bonds. The van der Waals surface area contributed by atoms with Gasteiger partial charge in [-0.1, -0.05) is 57.1 Å². The van der Waals surface area contributed by atoms with E-state index in [-0.39, 0.29) is 43.5 Å². The van der Waals surface area contributed by atoms with Gasteiger partial charge in [-0.05, 0) is 50.9 Å². The number of allylic oxidation sites excluding steroid dienone is 2. The molecule has 0 radical (unpaired) electrons. The van der Waals surface area contributed by atoms with E-state index in [0.717, 1.165) is 64.2 Å². The van der Waals surface area contributed by atoms with E-state index in [1.165, 1.54) is 19.3 Å². The Hall–Kier alpha value is -1.89. The summed E-state index contributed by atoms with van der Waals surface area (Å²) < 4.78 is 5.54. The molecule has 2 atom stereocenters. The van der Waals surface area contributed by atoms with Crippen molar-refractivity contribution >= 4 is 17.8 Å². The molecule has 7 heteroatoms. The van der Waals surface area contributed by atoms with Crippen LogP contribution in [0, 0.1) is 11.8 Å². The predicted molar refractivity (Wildman–Crippen MR) is 131 cm³/mol. The van der Waals surface area contributed by atoms with Crippen LogP contribution in [0.3, 0.4) is 0 Å². The first kappa shape index (κ1) is 26.7. The molecule has 34 heavy (non-hydrogen) atoms. The number of carbonyl (C=O) groups is 3. The van der Waals surface area contributed by atoms with Gasteiger partial charge < -0.3 is 20.5 Å². The molecule has 0 saturated heterocycles. The van der Waals surface area contributed by atoms with Crippen molar-refractivity contribution in [2.75, 3.05) is 13.2 Å². The summed E-state index contributed by atoms with van der Waals surface area (Å²) in [5.74, 6) is -0.490. The molecular formula is C27H44N2O5. The van der Waals surface area contributed by atoms with Crippen molar-refractivity contribution in [3.63, 3.8) is 0 Å². The lowest BCUT2D eigenvalue weighted by Crippen LogP contribution is -2.50. The fraction of sp³-hybridized carbons (Fsp3) is 0.815. The topological polar surface area (TPSA) is 105 Å². The maximum atomic E-state index is 13.3. The number of hydrogen-bond donors (Lipinski definition) is 3. The Morgan fingerprint density at radius 1 is 1.06 bits per heavy atom. The third kappa shape index (κ3) is 8.71. The van der Waals surface area contributed by atoms with Crippen LogP contribution in [0.25, 0.3) is 0 Å². The highest BCUT2D eigenvalue weighted by atomic mass is 16.5. The minimum Gasteiger partial charge on any atom is -0.463 e. The van der Waals surface area contributed by atoms with Crippen molar-refractivity contribution in [1.29, 1.82) is 0 Å². The second kappa shape index (κ2) is 13.9. The molecule has 3 rings (SSSR count). The molecular weight excluding hydrogens is 432 g/mol. The molecule has 0 aromatic rings. The first-order valence-electron chi connectivity index (χ1n) is 13.5. The van der Waals surface area contributed by atoms with Crippen LogP contribution in [0.15, 0.2) is 12.2 Å². The Kier molecular flexibility index (Phi) is 10.9. The second-order valence-corrected chi connectivity index (χ2v) is 10.7. The number of carbonyl (C=O) groups excluding carboxylic acids is 3. The van der Waals surface area contributed by atoms with Gasteiger partial charge in [-0.25, -0.2) is 0 Å². The highest BCUT2D eigenvalue weighted by Crippen LogP contribution is 2.30. The van der Waals surface area contributed by atoms with E-state index in [9.17, 15) is 19.5 Å². The fourth-order valence-corrected chi connectivity index (χ4v) is 5.72. The van der Waals surface area contributed by atoms with Crippen LogP contribution in [0.1, 0.15) is 103 Å². The third-order valence-electron chi connectivity index (χ3n) is 7.79. The molecule has 192 valence electrons. The zero-order valence-electron chi connectivity index (χ0n) is 20.7. The average Bonchev–Trinajstić information content (AvgIpc) is 3.30. The minimum absolute atomic E-state index is 0.0651. The first-order chi connectivity index (χ1) is 16.5. The number of rotatable bonds is 6. The molecule has 1 heterocycles. The number of nitrogens with one attached hydrogen (secondary N) is 2. The van der Waals surface area contributed by atoms with E-state index in [0.29, 0.717) is 18.8 Å². The standard InChI is InChI=1S/C27H44N2O5/c30-20-27(15-9-10-16-27)29-24(31)18-22-13-7-2-1-3-8-14-25(32)34-19-23(28-26(22)33)17-21-11-5-4-6-12-21/h2,7,21-23,30H,1,3-6,8-20H2,(H,28,33)(H,29,31)/t22-,23+/m1/s1. The summed E-state index contributed by atoms with van der Waals surface area (Å²) in [6.45, 7) is 0.133. The van der Waals surface area contributed by atoms with Crippen molar-refractivity contribution in [3.8, 4) is 0 Å². The number of esters is 1. The van der Waals surface area contributed by atoms with Crippen LogP contribution >= 0.6 is 0 Å². The molecule has 0 aromatic carbocycles. The van der Waals surface area contributed by atoms with E-state index < -0.39 is 11.5 Å². The van der Waals surface area contributed by atoms with Gasteiger partial charge in [0.1, 0.15) is 6.61 Å². The number of ether oxygens (including phenoxy) is 1. The summed E-state index contributed by atoms with van der Waals surface area (Å²) in [7, 11) is 0. The first-order valence-corrected chi connectivity index (χ1v) is 13.5. The molecule has 2 aliphatic carbocycles. The molecule has 3 N–H and O–H groups in total. The van der Waals surface area contributed by atoms with Gasteiger partial charge in [0.05, 0.1) is 24.1 Å². The maximum absolute atomic E-state index is 13.3. The molecule has 0 bridgehead atoms. The van der Waals surface area contributed by atoms with Gasteiger partial charge >= 0.3 is 5.97 Å². The minimum atomic E-state index is -0.539. The molecule has 0 aromatic heterocycles. The van der Waals surface area contributed by atoms with Gasteiger partial charge in [0.15, 0.2) is 0 Å². The van der Waals surface area contributed by atoms with Gasteiger partial charge in [0.25, 0.3) is 0 Å². The van der Waals surface area contributed by atoms with Crippen LogP contribution in [0.2, 0.25) is 0 Å². The summed E-state index contributed by atoms with van der Waals surface area (Å²) >= 11 is 0. The normalized spacial score (nSPS) is 27.4. The van der Waals surface area contributed by atoms with Crippen molar-refractivity contribution in [2.24, 2.45) is 11.8 Å². The molecule has 7 nitrogen and oxygen atoms in total. The summed E-state index contributed by atoms with van der Waals surface area (Å²) in [6, 6.07) is -0.226. The lowest BCUT2D eigenvalue weighted by atomic mass is 9.84. The number of amides is 2. The highest BCUT2D eigenvalue weighted by molar-refractivity contribution is 5.86. The Bertz CT molecular complexity index is 695. The lowest BCUT2D eigenvalue weighted by molar-refractivity contribution is -0.145. The van der Waals surface area contributed by atoms with Crippen LogP contribution in [0.4, 0.5) is 0 Å². The van der Waals surface area contributed by atoms with Gasteiger partial charge in [-0.2, -0.15) is 0 Å². The van der Waals surface area contributed by atoms with Crippen molar-refractivity contribution in [3.05, 3.63) is 12.2 Å². The summed E-state index contributed by atoms with van der Waals surface area (Å²) in [4.78, 5) is 38.4. The smallest absolute Gasteiger partial charge is 0.305 e. The van der Waals surface area contributed by atoms with E-state index in [4.69, 9.17) is 4.74 Å². The Morgan fingerprint density at radius 2 is 1.82 bits per heavy atom. The molecule has 3 aliphatic rings. The Balaban J connectivity index is 1.66. The zero-order valence-corrected chi connectivity index (χ0v) is 20.7. The van der Waals surface area contributed by atoms with Crippen LogP contribution < -0.4 is 10.6 Å². The molecule has 2 saturated carbocycles. The van der Waals surface area contributed by atoms with Crippen LogP contribution in [-0.2, 0) is 19.1 Å². The summed E-state index contributed by atoms with van der Waals surface area (Å²) in [5, 5.41) is 16.0. The van der Waals surface area contributed by atoms with E-state index in [1.807, 2.05) is 12.2 Å². The third-order valence-corrected chi connectivity index (χ3v) is 7.79. The highest BCUT2D eigenvalue weighted by Gasteiger charge is 2.35. The van der Waals surface area contributed by atoms with Crippen molar-refractivity contribution < 1.29 is 24.2 Å². The number of aliphatic hydroxyl groups is 1. The van der Waals surface area contributed by atoms with E-state index in [1.54, 1.807) is 0 Å². The van der Waals surface area contributed by atoms with E-state index in [2.05, 4.69) is 10.6 Å². The Labute approximate surface area is 204 Å². The number of cyclic esters (lactones) is 1. The quantitative estimate of drug-likeness (QED) is 0.398. The van der Waals surface area contributed by atoms with Gasteiger partial charge in [0.2, 0.25) is 11.8 Å². The Morgan fingerprint density at radius 3 is 2.56 bits per heavy atom. The largest absolute Gasteiger partial charge is 0.463 e. The fourth-order valence-electron chi connectivity index (χ4n) is 5.72. The molecule has 1 aliphatic heterocycles. The number of hydrogen-bond acceptors (Lipinski definition) is 5. The van der Waals surface area contributed by atoms with Crippen molar-refractivity contribution in [2.45, 2.75) is 114 Å². The van der Waals surface area contributed by atoms with Crippen LogP contribution in [0.5, 0.6) is 0 Å². The van der Waals surface area contributed by atoms with Crippen molar-refractivity contribution in [1.82, 2.24) is 10.6 Å². The molecule has 0 spiro atoms. The van der Waals surface area contributed by atoms with Gasteiger partial charge in [0, 0.05) is 12.8 Å². The SMILES string of the molecule is O=C(C[C@H]1CC=CCCCCC(=O)OC[C@H](CC2CCCCC2)NC1=O)NC1(CO)CCCC1. The van der Waals surface area contributed by atoms with E-state index >= 15 is 0 Å². The second-order valence-electron chi connectivity index (χ2n) is 10.7. The average molecular weight is 477 g/mol. The predicted octanol–water partition coefficient (Wildman–Crippen LogP) is 3.93. The van der Waals surface area contributed by atoms with Crippen LogP contribution in [-0.4, -0.2) is 47.7 Å². The summed E-state index contributed by atoms with van der Waals surface area (Å²) in [6.07, 6.45) is 17.9. The van der Waals surface area contributed by atoms with Gasteiger partial charge in [-0.15, -0.1) is 0 Å². The van der Waals surface area contributed by atoms with Gasteiger partial charge in [-0.3, -0.25) is 14.4 Å². The monoisotopic (exact) mass is 476 g/mol.